The quantitative estimate of drug-likeness (QED) is 0.707. The predicted molar refractivity (Wildman–Crippen MR) is 98.5 cm³/mol. The molecule has 0 aliphatic heterocycles. The number of aromatic nitrogens is 1. The Balaban J connectivity index is 2.39. The van der Waals surface area contributed by atoms with Crippen molar-refractivity contribution in [1.82, 2.24) is 4.57 Å². The highest BCUT2D eigenvalue weighted by atomic mass is 19.1. The number of ketones is 1. The second kappa shape index (κ2) is 7.41. The van der Waals surface area contributed by atoms with Crippen molar-refractivity contribution >= 4 is 34.4 Å². The molecule has 0 aliphatic rings. The van der Waals surface area contributed by atoms with Crippen LogP contribution in [0.2, 0.25) is 0 Å². The molecule has 0 unspecified atom stereocenters. The van der Waals surface area contributed by atoms with Crippen molar-refractivity contribution in [3.8, 4) is 0 Å². The van der Waals surface area contributed by atoms with E-state index in [1.54, 1.807) is 37.3 Å². The first-order chi connectivity index (χ1) is 13.0. The van der Waals surface area contributed by atoms with Gasteiger partial charge < -0.3 is 10.1 Å². The van der Waals surface area contributed by atoms with Crippen LogP contribution in [0.1, 0.15) is 29.9 Å². The topological polar surface area (TPSA) is 77.4 Å². The van der Waals surface area contributed by atoms with Crippen molar-refractivity contribution in [2.24, 2.45) is 0 Å². The van der Waals surface area contributed by atoms with E-state index in [1.807, 2.05) is 0 Å². The summed E-state index contributed by atoms with van der Waals surface area (Å²) in [5, 5.41) is 2.47. The van der Waals surface area contributed by atoms with E-state index in [0.29, 0.717) is 0 Å². The number of halogens is 1. The van der Waals surface area contributed by atoms with Crippen molar-refractivity contribution in [1.29, 1.82) is 0 Å². The van der Waals surface area contributed by atoms with Crippen LogP contribution in [-0.2, 0) is 9.53 Å². The molecule has 0 saturated heterocycles. The van der Waals surface area contributed by atoms with Gasteiger partial charge in [0.1, 0.15) is 11.5 Å². The average Bonchev–Trinajstić information content (AvgIpc) is 2.97. The zero-order chi connectivity index (χ0) is 19.6. The number of ether oxygens (including phenoxy) is 1. The summed E-state index contributed by atoms with van der Waals surface area (Å²) in [5.41, 5.74) is 0.210. The summed E-state index contributed by atoms with van der Waals surface area (Å²) in [7, 11) is 0. The van der Waals surface area contributed by atoms with Gasteiger partial charge in [0.2, 0.25) is 11.7 Å². The number of hydrogen-bond acceptors (Lipinski definition) is 4. The molecule has 0 bridgehead atoms. The molecule has 0 fully saturated rings. The number of carbonyl (C=O) groups is 3. The fourth-order valence-electron chi connectivity index (χ4n) is 2.91. The Morgan fingerprint density at radius 2 is 1.78 bits per heavy atom. The summed E-state index contributed by atoms with van der Waals surface area (Å²) in [6, 6.07) is 12.3. The largest absolute Gasteiger partial charge is 0.449 e. The third kappa shape index (κ3) is 3.31. The fraction of sp³-hybridized carbons (Fsp3) is 0.150. The van der Waals surface area contributed by atoms with Crippen LogP contribution in [0.5, 0.6) is 0 Å². The van der Waals surface area contributed by atoms with E-state index in [-0.39, 0.29) is 34.5 Å². The lowest BCUT2D eigenvalue weighted by Crippen LogP contribution is -2.21. The van der Waals surface area contributed by atoms with E-state index in [1.165, 1.54) is 25.1 Å². The van der Waals surface area contributed by atoms with E-state index < -0.39 is 23.6 Å². The molecule has 1 aromatic heterocycles. The first-order valence-corrected chi connectivity index (χ1v) is 8.33. The highest BCUT2D eigenvalue weighted by Crippen LogP contribution is 2.35. The number of nitrogens with one attached hydrogen (secondary N) is 1. The molecule has 0 spiro atoms. The second-order valence-corrected chi connectivity index (χ2v) is 5.77. The molecule has 0 aliphatic carbocycles. The van der Waals surface area contributed by atoms with Gasteiger partial charge in [-0.15, -0.1) is 0 Å². The van der Waals surface area contributed by atoms with Gasteiger partial charge in [0, 0.05) is 12.5 Å². The van der Waals surface area contributed by atoms with Gasteiger partial charge in [-0.3, -0.25) is 9.59 Å². The molecule has 0 atom stereocenters. The van der Waals surface area contributed by atoms with Crippen LogP contribution < -0.4 is 5.32 Å². The molecule has 138 valence electrons. The van der Waals surface area contributed by atoms with E-state index in [0.717, 1.165) is 4.57 Å². The third-order valence-corrected chi connectivity index (χ3v) is 3.95. The molecule has 1 heterocycles. The third-order valence-electron chi connectivity index (χ3n) is 3.95. The molecule has 1 N–H and O–H groups in total. The molecular formula is C20H17FN2O4. The second-order valence-electron chi connectivity index (χ2n) is 5.77. The number of hydrogen-bond donors (Lipinski definition) is 1. The predicted octanol–water partition coefficient (Wildman–Crippen LogP) is 3.97. The minimum Gasteiger partial charge on any atom is -0.449 e. The van der Waals surface area contributed by atoms with Crippen LogP contribution in [0.25, 0.3) is 10.9 Å². The number of nitrogens with zero attached hydrogens (tertiary/aromatic N) is 1. The van der Waals surface area contributed by atoms with E-state index in [9.17, 15) is 18.8 Å². The lowest BCUT2D eigenvalue weighted by atomic mass is 10.1. The van der Waals surface area contributed by atoms with Gasteiger partial charge in [-0.25, -0.2) is 13.8 Å². The van der Waals surface area contributed by atoms with Crippen LogP contribution in [0, 0.1) is 5.82 Å². The molecule has 6 nitrogen and oxygen atoms in total. The number of carbonyl (C=O) groups excluding carboxylic acids is 3. The lowest BCUT2D eigenvalue weighted by Gasteiger charge is -2.10. The summed E-state index contributed by atoms with van der Waals surface area (Å²) >= 11 is 0. The molecule has 0 radical (unpaired) electrons. The maximum atomic E-state index is 14.6. The number of anilines is 1. The highest BCUT2D eigenvalue weighted by molar-refractivity contribution is 6.21. The maximum Gasteiger partial charge on any atom is 0.419 e. The number of amides is 1. The monoisotopic (exact) mass is 368 g/mol. The van der Waals surface area contributed by atoms with Gasteiger partial charge in [-0.05, 0) is 19.1 Å². The highest BCUT2D eigenvalue weighted by Gasteiger charge is 2.29. The zero-order valence-electron chi connectivity index (χ0n) is 14.8. The molecule has 2 aromatic carbocycles. The zero-order valence-corrected chi connectivity index (χ0v) is 14.8. The van der Waals surface area contributed by atoms with Gasteiger partial charge in [0.05, 0.1) is 23.2 Å². The minimum atomic E-state index is -0.830. The Hall–Kier alpha value is -3.48. The minimum absolute atomic E-state index is 0.0277. The number of fused-ring (bicyclic) bond motifs is 1. The van der Waals surface area contributed by atoms with Crippen molar-refractivity contribution in [2.45, 2.75) is 13.8 Å². The molecule has 7 heteroatoms. The van der Waals surface area contributed by atoms with Crippen LogP contribution in [0.15, 0.2) is 48.5 Å². The summed E-state index contributed by atoms with van der Waals surface area (Å²) < 4.78 is 20.6. The van der Waals surface area contributed by atoms with E-state index >= 15 is 0 Å². The lowest BCUT2D eigenvalue weighted by molar-refractivity contribution is -0.114. The summed E-state index contributed by atoms with van der Waals surface area (Å²) in [6.07, 6.45) is -0.830. The normalized spacial score (nSPS) is 10.6. The van der Waals surface area contributed by atoms with E-state index in [2.05, 4.69) is 5.32 Å². The van der Waals surface area contributed by atoms with Crippen molar-refractivity contribution < 1.29 is 23.5 Å². The summed E-state index contributed by atoms with van der Waals surface area (Å²) in [5.74, 6) is -1.70. The van der Waals surface area contributed by atoms with Crippen molar-refractivity contribution in [2.75, 3.05) is 11.9 Å². The Morgan fingerprint density at radius 3 is 2.41 bits per heavy atom. The molecular weight excluding hydrogens is 351 g/mol. The first-order valence-electron chi connectivity index (χ1n) is 8.33. The summed E-state index contributed by atoms with van der Waals surface area (Å²) in [6.45, 7) is 2.94. The standard InChI is InChI=1S/C20H17FN2O4/c1-3-27-20(26)23-15-11-7-10-14(21)16(15)17(22-12(2)24)18(23)19(25)13-8-5-4-6-9-13/h4-11H,3H2,1-2H3,(H,22,24). The van der Waals surface area contributed by atoms with Gasteiger partial charge in [0.25, 0.3) is 0 Å². The molecule has 0 saturated carbocycles. The smallest absolute Gasteiger partial charge is 0.419 e. The Morgan fingerprint density at radius 1 is 1.07 bits per heavy atom. The number of benzene rings is 2. The van der Waals surface area contributed by atoms with Gasteiger partial charge in [0.15, 0.2) is 0 Å². The van der Waals surface area contributed by atoms with Gasteiger partial charge in [-0.1, -0.05) is 36.4 Å². The van der Waals surface area contributed by atoms with Crippen molar-refractivity contribution in [3.05, 3.63) is 65.6 Å². The first kappa shape index (κ1) is 18.3. The van der Waals surface area contributed by atoms with Gasteiger partial charge in [-0.2, -0.15) is 0 Å². The molecule has 3 rings (SSSR count). The van der Waals surface area contributed by atoms with E-state index in [4.69, 9.17) is 4.74 Å². The summed E-state index contributed by atoms with van der Waals surface area (Å²) in [4.78, 5) is 37.4. The molecule has 27 heavy (non-hydrogen) atoms. The Kier molecular flexibility index (Phi) is 5.03. The SMILES string of the molecule is CCOC(=O)n1c(C(=O)c2ccccc2)c(NC(C)=O)c2c(F)cccc21. The Bertz CT molecular complexity index is 1040. The molecule has 3 aromatic rings. The van der Waals surface area contributed by atoms with Crippen LogP contribution in [0.3, 0.4) is 0 Å². The van der Waals surface area contributed by atoms with Crippen LogP contribution in [0.4, 0.5) is 14.9 Å². The van der Waals surface area contributed by atoms with Crippen molar-refractivity contribution in [3.63, 3.8) is 0 Å². The Labute approximate surface area is 154 Å². The fourth-order valence-corrected chi connectivity index (χ4v) is 2.91. The maximum absolute atomic E-state index is 14.6. The van der Waals surface area contributed by atoms with Gasteiger partial charge >= 0.3 is 6.09 Å². The average molecular weight is 368 g/mol. The molecule has 1 amide bonds. The van der Waals surface area contributed by atoms with Crippen LogP contribution in [-0.4, -0.2) is 29.0 Å². The number of rotatable bonds is 4. The van der Waals surface area contributed by atoms with Crippen LogP contribution >= 0.6 is 0 Å².